The molecule has 0 aromatic carbocycles. The first-order valence-electron chi connectivity index (χ1n) is 7.30. The number of hydrogen-bond acceptors (Lipinski definition) is 3. The first kappa shape index (κ1) is 17.2. The van der Waals surface area contributed by atoms with E-state index in [0.717, 1.165) is 28.5 Å². The zero-order chi connectivity index (χ0) is 15.6. The molecule has 121 valence electrons. The third-order valence-corrected chi connectivity index (χ3v) is 4.01. The third kappa shape index (κ3) is 2.50. The zero-order valence-electron chi connectivity index (χ0n) is 14.2. The first-order chi connectivity index (χ1) is 9.61. The molecule has 0 spiro atoms. The van der Waals surface area contributed by atoms with Crippen molar-refractivity contribution >= 4 is 0 Å². The number of fused-ring (bicyclic) bond motifs is 3. The molecule has 0 aliphatic carbocycles. The van der Waals surface area contributed by atoms with Crippen LogP contribution in [0.25, 0.3) is 11.4 Å². The van der Waals surface area contributed by atoms with Crippen molar-refractivity contribution in [3.05, 3.63) is 29.2 Å². The van der Waals surface area contributed by atoms with Gasteiger partial charge < -0.3 is 14.3 Å². The van der Waals surface area contributed by atoms with Gasteiger partial charge in [-0.2, -0.15) is 0 Å². The van der Waals surface area contributed by atoms with Crippen molar-refractivity contribution in [2.24, 2.45) is 0 Å². The van der Waals surface area contributed by atoms with E-state index in [9.17, 15) is 0 Å². The number of hydrogen-bond donors (Lipinski definition) is 0. The van der Waals surface area contributed by atoms with E-state index in [2.05, 4.69) is 38.3 Å². The maximum absolute atomic E-state index is 6.16. The second kappa shape index (κ2) is 5.17. The van der Waals surface area contributed by atoms with Gasteiger partial charge in [-0.15, -0.1) is 12.1 Å². The van der Waals surface area contributed by atoms with Crippen LogP contribution in [0.4, 0.5) is 0 Å². The van der Waals surface area contributed by atoms with Gasteiger partial charge in [0.05, 0.1) is 5.82 Å². The predicted molar refractivity (Wildman–Crippen MR) is 82.4 cm³/mol. The van der Waals surface area contributed by atoms with Crippen LogP contribution in [0, 0.1) is 19.9 Å². The van der Waals surface area contributed by atoms with Gasteiger partial charge in [0.15, 0.2) is 5.72 Å². The minimum atomic E-state index is -0.495. The average molecular weight is 477 g/mol. The topological polar surface area (TPSA) is 39.9 Å². The minimum absolute atomic E-state index is 0. The quantitative estimate of drug-likeness (QED) is 0.544. The summed E-state index contributed by atoms with van der Waals surface area (Å²) >= 11 is 0. The van der Waals surface area contributed by atoms with Crippen LogP contribution in [-0.4, -0.2) is 14.5 Å². The van der Waals surface area contributed by atoms with E-state index in [4.69, 9.17) is 14.7 Å². The Balaban J connectivity index is 0.00000176. The molecule has 0 N–H and O–H groups in total. The van der Waals surface area contributed by atoms with Crippen molar-refractivity contribution < 1.29 is 24.8 Å². The fourth-order valence-corrected chi connectivity index (χ4v) is 2.74. The number of nitrogens with zero attached hydrogens (tertiary/aromatic N) is 3. The largest absolute Gasteiger partial charge is 0.498 e. The molecular weight excluding hydrogens is 454 g/mol. The summed E-state index contributed by atoms with van der Waals surface area (Å²) in [6.45, 7) is 14.6. The molecule has 0 fully saturated rings. The Morgan fingerprint density at radius 3 is 2.41 bits per heavy atom. The summed E-state index contributed by atoms with van der Waals surface area (Å²) in [6, 6.07) is 5.28. The zero-order valence-corrected chi connectivity index (χ0v) is 16.6. The summed E-state index contributed by atoms with van der Waals surface area (Å²) in [5, 5.41) is 0. The van der Waals surface area contributed by atoms with Crippen LogP contribution in [0.15, 0.2) is 6.07 Å². The number of imidazole rings is 1. The monoisotopic (exact) mass is 477 g/mol. The molecule has 0 saturated carbocycles. The Bertz CT molecular complexity index is 726. The van der Waals surface area contributed by atoms with E-state index >= 15 is 0 Å². The van der Waals surface area contributed by atoms with E-state index < -0.39 is 5.72 Å². The summed E-state index contributed by atoms with van der Waals surface area (Å²) in [7, 11) is 0. The van der Waals surface area contributed by atoms with Gasteiger partial charge in [0.2, 0.25) is 0 Å². The Kier molecular flexibility index (Phi) is 4.04. The smallest absolute Gasteiger partial charge is 0.165 e. The third-order valence-electron chi connectivity index (χ3n) is 4.01. The van der Waals surface area contributed by atoms with Crippen molar-refractivity contribution in [3.8, 4) is 17.3 Å². The molecule has 0 amide bonds. The normalized spacial score (nSPS) is 15.4. The summed E-state index contributed by atoms with van der Waals surface area (Å²) in [5.41, 5.74) is 3.43. The molecule has 1 aliphatic heterocycles. The second-order valence-corrected chi connectivity index (χ2v) is 7.21. The van der Waals surface area contributed by atoms with E-state index in [0.29, 0.717) is 5.88 Å². The number of aromatic nitrogens is 3. The van der Waals surface area contributed by atoms with Crippen LogP contribution in [0.5, 0.6) is 5.88 Å². The van der Waals surface area contributed by atoms with Crippen LogP contribution < -0.4 is 4.74 Å². The fourth-order valence-electron chi connectivity index (χ4n) is 2.74. The molecule has 2 aromatic rings. The van der Waals surface area contributed by atoms with Crippen molar-refractivity contribution in [1.82, 2.24) is 14.5 Å². The summed E-state index contributed by atoms with van der Waals surface area (Å²) in [4.78, 5) is 9.40. The molecule has 3 heterocycles. The van der Waals surface area contributed by atoms with E-state index in [1.54, 1.807) is 0 Å². The fraction of sp³-hybridized carbons (Fsp3) is 0.529. The number of ether oxygens (including phenoxy) is 1. The Morgan fingerprint density at radius 2 is 1.82 bits per heavy atom. The van der Waals surface area contributed by atoms with Gasteiger partial charge in [0, 0.05) is 31.5 Å². The van der Waals surface area contributed by atoms with Gasteiger partial charge in [-0.1, -0.05) is 20.8 Å². The molecule has 2 aromatic heterocycles. The minimum Gasteiger partial charge on any atom is -0.498 e. The van der Waals surface area contributed by atoms with Gasteiger partial charge in [-0.05, 0) is 44.4 Å². The van der Waals surface area contributed by atoms with Gasteiger partial charge >= 0.3 is 0 Å². The molecule has 1 radical (unpaired) electrons. The molecule has 4 nitrogen and oxygen atoms in total. The number of rotatable bonds is 0. The Hall–Kier alpha value is -1.19. The molecule has 0 atom stereocenters. The van der Waals surface area contributed by atoms with Crippen molar-refractivity contribution in [1.29, 1.82) is 0 Å². The SMILES string of the molecule is Cc1nc2n(c1C)C(C)(C)Oc1nc(C(C)(C)C)c[c-]c1-2.[Ir]. The molecular formula is C17H22IrN3O-. The van der Waals surface area contributed by atoms with Gasteiger partial charge in [0.1, 0.15) is 5.88 Å². The average Bonchev–Trinajstić information content (AvgIpc) is 2.64. The maximum Gasteiger partial charge on any atom is 0.165 e. The van der Waals surface area contributed by atoms with Crippen molar-refractivity contribution in [2.45, 2.75) is 59.6 Å². The number of pyridine rings is 1. The standard InChI is InChI=1S/C17H22N3O.Ir/c1-10-11(2)20-14(18-10)12-8-9-13(16(3,4)5)19-15(12)21-17(20,6)7;/h9H,1-7H3;/q-1;. The number of aryl methyl sites for hydroxylation is 1. The van der Waals surface area contributed by atoms with Crippen LogP contribution in [0.3, 0.4) is 0 Å². The van der Waals surface area contributed by atoms with Gasteiger partial charge in [-0.25, -0.2) is 0 Å². The molecule has 0 unspecified atom stereocenters. The van der Waals surface area contributed by atoms with Crippen LogP contribution >= 0.6 is 0 Å². The maximum atomic E-state index is 6.16. The molecule has 1 aliphatic rings. The summed E-state index contributed by atoms with van der Waals surface area (Å²) in [5.74, 6) is 1.52. The summed E-state index contributed by atoms with van der Waals surface area (Å²) < 4.78 is 8.28. The van der Waals surface area contributed by atoms with Crippen LogP contribution in [0.2, 0.25) is 0 Å². The molecule has 5 heteroatoms. The van der Waals surface area contributed by atoms with E-state index in [1.807, 2.05) is 26.8 Å². The second-order valence-electron chi connectivity index (χ2n) is 7.21. The molecule has 0 saturated heterocycles. The molecule has 3 rings (SSSR count). The predicted octanol–water partition coefficient (Wildman–Crippen LogP) is 3.74. The Labute approximate surface area is 145 Å². The molecule has 22 heavy (non-hydrogen) atoms. The van der Waals surface area contributed by atoms with Crippen LogP contribution in [0.1, 0.15) is 51.7 Å². The van der Waals surface area contributed by atoms with Gasteiger partial charge in [-0.3, -0.25) is 4.98 Å². The Morgan fingerprint density at radius 1 is 1.18 bits per heavy atom. The molecule has 0 bridgehead atoms. The van der Waals surface area contributed by atoms with Gasteiger partial charge in [0.25, 0.3) is 0 Å². The van der Waals surface area contributed by atoms with Crippen molar-refractivity contribution in [3.63, 3.8) is 0 Å². The summed E-state index contributed by atoms with van der Waals surface area (Å²) in [6.07, 6.45) is 0. The van der Waals surface area contributed by atoms with Crippen LogP contribution in [-0.2, 0) is 31.2 Å². The van der Waals surface area contributed by atoms with E-state index in [1.165, 1.54) is 0 Å². The van der Waals surface area contributed by atoms with Crippen molar-refractivity contribution in [2.75, 3.05) is 0 Å². The first-order valence-corrected chi connectivity index (χ1v) is 7.30. The van der Waals surface area contributed by atoms with E-state index in [-0.39, 0.29) is 25.5 Å².